The minimum absolute atomic E-state index is 0.115. The summed E-state index contributed by atoms with van der Waals surface area (Å²) >= 11 is 0. The number of aliphatic hydroxyl groups is 1. The predicted molar refractivity (Wildman–Crippen MR) is 156 cm³/mol. The molecular weight excluding hydrogens is 557 g/mol. The fourth-order valence-corrected chi connectivity index (χ4v) is 8.47. The van der Waals surface area contributed by atoms with Crippen LogP contribution < -0.4 is 20.7 Å². The molecule has 2 unspecified atom stereocenters. The molecule has 43 heavy (non-hydrogen) atoms. The first-order valence-corrected chi connectivity index (χ1v) is 15.6. The van der Waals surface area contributed by atoms with Crippen LogP contribution in [0.3, 0.4) is 0 Å². The number of ether oxygens (including phenoxy) is 1. The Labute approximate surface area is 250 Å². The van der Waals surface area contributed by atoms with Crippen LogP contribution in [0.25, 0.3) is 0 Å². The van der Waals surface area contributed by atoms with Crippen LogP contribution in [0.4, 0.5) is 24.9 Å². The molecule has 1 aromatic heterocycles. The Kier molecular flexibility index (Phi) is 8.70. The van der Waals surface area contributed by atoms with E-state index >= 15 is 0 Å². The van der Waals surface area contributed by atoms with E-state index in [2.05, 4.69) is 32.0 Å². The molecule has 0 amide bonds. The van der Waals surface area contributed by atoms with E-state index in [4.69, 9.17) is 4.74 Å². The molecule has 5 saturated carbocycles. The molecule has 4 bridgehead atoms. The van der Waals surface area contributed by atoms with Crippen molar-refractivity contribution in [1.29, 1.82) is 5.26 Å². The lowest BCUT2D eigenvalue weighted by molar-refractivity contribution is -0.153. The summed E-state index contributed by atoms with van der Waals surface area (Å²) in [5.74, 6) is 3.66. The predicted octanol–water partition coefficient (Wildman–Crippen LogP) is 5.65. The number of alkyl halides is 3. The largest absolute Gasteiger partial charge is 0.484 e. The molecule has 0 saturated heterocycles. The quantitative estimate of drug-likeness (QED) is 0.263. The van der Waals surface area contributed by atoms with Crippen molar-refractivity contribution in [2.75, 3.05) is 30.3 Å². The molecule has 0 aliphatic heterocycles. The standard InChI is InChI=1S/C32H41F3N6O2/c33-32(34,35)19-43-27-4-2-1-3-22(27)16-38-30-39-17-25(14-36)29(41-30)40-18-31-11-21-9-23(12-31)28(24(10-21)13-31)37-15-20-5-7-26(42)8-6-20/h1-4,17,20-21,23-24,26,28,37,42H,5-13,15-16,18-19H2,(H2,38,39,40,41). The third kappa shape index (κ3) is 7.18. The maximum atomic E-state index is 12.7. The van der Waals surface area contributed by atoms with E-state index in [1.54, 1.807) is 18.2 Å². The van der Waals surface area contributed by atoms with Gasteiger partial charge in [0, 0.05) is 24.7 Å². The van der Waals surface area contributed by atoms with Gasteiger partial charge in [-0.05, 0) is 99.5 Å². The number of aliphatic hydroxyl groups excluding tert-OH is 1. The Bertz CT molecular complexity index is 1290. The molecular formula is C32H41F3N6O2. The zero-order chi connectivity index (χ0) is 30.0. The van der Waals surface area contributed by atoms with Crippen LogP contribution in [0.15, 0.2) is 30.5 Å². The number of nitrogens with zero attached hydrogens (tertiary/aromatic N) is 3. The lowest BCUT2D eigenvalue weighted by atomic mass is 9.48. The van der Waals surface area contributed by atoms with Crippen LogP contribution in [0.5, 0.6) is 5.75 Å². The van der Waals surface area contributed by atoms with Crippen LogP contribution in [-0.2, 0) is 6.54 Å². The van der Waals surface area contributed by atoms with Crippen LogP contribution in [0.2, 0.25) is 0 Å². The molecule has 8 nitrogen and oxygen atoms in total. The molecule has 5 fully saturated rings. The maximum absolute atomic E-state index is 12.7. The van der Waals surface area contributed by atoms with E-state index in [0.717, 1.165) is 44.7 Å². The molecule has 0 spiro atoms. The van der Waals surface area contributed by atoms with Gasteiger partial charge in [0.25, 0.3) is 0 Å². The van der Waals surface area contributed by atoms with E-state index in [1.807, 2.05) is 0 Å². The number of nitrogens with one attached hydrogen (secondary N) is 3. The second kappa shape index (κ2) is 12.5. The van der Waals surface area contributed by atoms with Gasteiger partial charge in [0.15, 0.2) is 6.61 Å². The van der Waals surface area contributed by atoms with Crippen molar-refractivity contribution in [1.82, 2.24) is 15.3 Å². The van der Waals surface area contributed by atoms with Crippen molar-refractivity contribution < 1.29 is 23.0 Å². The monoisotopic (exact) mass is 598 g/mol. The summed E-state index contributed by atoms with van der Waals surface area (Å²) in [6, 6.07) is 9.31. The molecule has 5 aliphatic carbocycles. The van der Waals surface area contributed by atoms with Crippen molar-refractivity contribution >= 4 is 11.8 Å². The van der Waals surface area contributed by atoms with Gasteiger partial charge in [0.1, 0.15) is 23.2 Å². The Morgan fingerprint density at radius 2 is 1.79 bits per heavy atom. The highest BCUT2D eigenvalue weighted by Crippen LogP contribution is 2.60. The Morgan fingerprint density at radius 3 is 2.51 bits per heavy atom. The van der Waals surface area contributed by atoms with Crippen molar-refractivity contribution in [2.45, 2.75) is 82.7 Å². The Hall–Kier alpha value is -3.10. The first kappa shape index (κ1) is 29.9. The fourth-order valence-electron chi connectivity index (χ4n) is 8.47. The fraction of sp³-hybridized carbons (Fsp3) is 0.656. The van der Waals surface area contributed by atoms with Gasteiger partial charge in [-0.3, -0.25) is 0 Å². The summed E-state index contributed by atoms with van der Waals surface area (Å²) in [6.45, 7) is 0.618. The second-order valence-electron chi connectivity index (χ2n) is 13.4. The Balaban J connectivity index is 1.07. The SMILES string of the molecule is N#Cc1cnc(NCc2ccccc2OCC(F)(F)F)nc1NCC12CC3CC(C1)C(NCC1CCC(O)CC1)C(C3)C2. The number of halogens is 3. The summed E-state index contributed by atoms with van der Waals surface area (Å²) in [4.78, 5) is 8.85. The molecule has 11 heteroatoms. The molecule has 1 heterocycles. The minimum atomic E-state index is -4.42. The highest BCUT2D eigenvalue weighted by molar-refractivity contribution is 5.53. The van der Waals surface area contributed by atoms with Crippen molar-refractivity contribution in [3.05, 3.63) is 41.6 Å². The topological polar surface area (TPSA) is 115 Å². The molecule has 7 rings (SSSR count). The summed E-state index contributed by atoms with van der Waals surface area (Å²) in [6.07, 6.45) is 7.13. The zero-order valence-electron chi connectivity index (χ0n) is 24.4. The number of rotatable bonds is 11. The number of hydrogen-bond acceptors (Lipinski definition) is 8. The van der Waals surface area contributed by atoms with Gasteiger partial charge in [-0.2, -0.15) is 23.4 Å². The number of aromatic nitrogens is 2. The zero-order valence-corrected chi connectivity index (χ0v) is 24.4. The summed E-state index contributed by atoms with van der Waals surface area (Å²) in [5, 5.41) is 30.1. The van der Waals surface area contributed by atoms with Gasteiger partial charge < -0.3 is 25.8 Å². The lowest BCUT2D eigenvalue weighted by Gasteiger charge is -2.60. The number of benzene rings is 1. The molecule has 5 aliphatic rings. The third-order valence-corrected chi connectivity index (χ3v) is 10.2. The third-order valence-electron chi connectivity index (χ3n) is 10.2. The molecule has 0 radical (unpaired) electrons. The minimum Gasteiger partial charge on any atom is -0.484 e. The summed E-state index contributed by atoms with van der Waals surface area (Å²) < 4.78 is 43.0. The van der Waals surface area contributed by atoms with Crippen LogP contribution in [-0.4, -0.2) is 53.1 Å². The van der Waals surface area contributed by atoms with Gasteiger partial charge in [-0.25, -0.2) is 4.98 Å². The first-order chi connectivity index (χ1) is 20.7. The van der Waals surface area contributed by atoms with E-state index in [9.17, 15) is 23.5 Å². The van der Waals surface area contributed by atoms with Crippen molar-refractivity contribution in [3.63, 3.8) is 0 Å². The summed E-state index contributed by atoms with van der Waals surface area (Å²) in [5.41, 5.74) is 1.09. The first-order valence-electron chi connectivity index (χ1n) is 15.6. The van der Waals surface area contributed by atoms with E-state index in [-0.39, 0.29) is 29.8 Å². The van der Waals surface area contributed by atoms with E-state index in [0.29, 0.717) is 40.7 Å². The van der Waals surface area contributed by atoms with Gasteiger partial charge in [-0.1, -0.05) is 18.2 Å². The smallest absolute Gasteiger partial charge is 0.422 e. The number of nitriles is 1. The average molecular weight is 599 g/mol. The molecule has 232 valence electrons. The van der Waals surface area contributed by atoms with Crippen LogP contribution in [0.1, 0.15) is 68.9 Å². The molecule has 2 aromatic rings. The van der Waals surface area contributed by atoms with Crippen molar-refractivity contribution in [2.24, 2.45) is 29.1 Å². The van der Waals surface area contributed by atoms with Crippen LogP contribution >= 0.6 is 0 Å². The van der Waals surface area contributed by atoms with Crippen molar-refractivity contribution in [3.8, 4) is 11.8 Å². The number of para-hydroxylation sites is 1. The van der Waals surface area contributed by atoms with Gasteiger partial charge in [0.2, 0.25) is 5.95 Å². The maximum Gasteiger partial charge on any atom is 0.422 e. The lowest BCUT2D eigenvalue weighted by Crippen LogP contribution is -2.60. The van der Waals surface area contributed by atoms with E-state index < -0.39 is 12.8 Å². The average Bonchev–Trinajstić information content (AvgIpc) is 2.98. The normalized spacial score (nSPS) is 31.4. The molecule has 4 N–H and O–H groups in total. The van der Waals surface area contributed by atoms with E-state index in [1.165, 1.54) is 44.4 Å². The molecule has 2 atom stereocenters. The summed E-state index contributed by atoms with van der Waals surface area (Å²) in [7, 11) is 0. The van der Waals surface area contributed by atoms with Gasteiger partial charge in [0.05, 0.1) is 12.3 Å². The number of anilines is 2. The Morgan fingerprint density at radius 1 is 1.05 bits per heavy atom. The van der Waals surface area contributed by atoms with Crippen LogP contribution in [0, 0.1) is 40.4 Å². The highest BCUT2D eigenvalue weighted by atomic mass is 19.4. The molecule has 1 aromatic carbocycles. The van der Waals surface area contributed by atoms with Gasteiger partial charge >= 0.3 is 6.18 Å². The van der Waals surface area contributed by atoms with Gasteiger partial charge in [-0.15, -0.1) is 0 Å². The number of hydrogen-bond donors (Lipinski definition) is 4. The highest BCUT2D eigenvalue weighted by Gasteiger charge is 2.55. The second-order valence-corrected chi connectivity index (χ2v) is 13.4.